The zero-order chi connectivity index (χ0) is 12.6. The fourth-order valence-electron chi connectivity index (χ4n) is 0.788. The first-order valence-electron chi connectivity index (χ1n) is 4.60. The molecule has 16 heavy (non-hydrogen) atoms. The fourth-order valence-corrected chi connectivity index (χ4v) is 0.788. The molecule has 0 bridgehead atoms. The topological polar surface area (TPSA) is 99.1 Å². The number of carbonyl (C=O) groups is 2. The minimum atomic E-state index is -0.642. The maximum atomic E-state index is 11.1. The predicted molar refractivity (Wildman–Crippen MR) is 55.2 cm³/mol. The van der Waals surface area contributed by atoms with E-state index in [0.717, 1.165) is 4.90 Å². The van der Waals surface area contributed by atoms with Crippen LogP contribution in [0.4, 0.5) is 4.79 Å². The second kappa shape index (κ2) is 7.66. The lowest BCUT2D eigenvalue weighted by molar-refractivity contribution is -0.139. The summed E-state index contributed by atoms with van der Waals surface area (Å²) in [5, 5.41) is 19.3. The summed E-state index contributed by atoms with van der Waals surface area (Å²) in [5.74, 6) is -0.555. The summed E-state index contributed by atoms with van der Waals surface area (Å²) in [5.41, 5.74) is 0.260. The molecule has 0 saturated heterocycles. The number of ether oxygens (including phenoxy) is 1. The molecule has 0 aliphatic carbocycles. The number of rotatable bonds is 6. The van der Waals surface area contributed by atoms with Gasteiger partial charge >= 0.3 is 12.0 Å². The van der Waals surface area contributed by atoms with Crippen molar-refractivity contribution in [2.24, 2.45) is 0 Å². The van der Waals surface area contributed by atoms with Crippen LogP contribution in [0, 0.1) is 0 Å². The van der Waals surface area contributed by atoms with Crippen LogP contribution in [-0.2, 0) is 9.53 Å². The summed E-state index contributed by atoms with van der Waals surface area (Å²) in [4.78, 5) is 23.1. The van der Waals surface area contributed by atoms with Crippen molar-refractivity contribution in [2.75, 3.05) is 26.6 Å². The number of hydrogen-bond donors (Lipinski definition) is 3. The highest BCUT2D eigenvalue weighted by atomic mass is 16.5. The fraction of sp³-hybridized carbons (Fsp3) is 0.556. The van der Waals surface area contributed by atoms with E-state index >= 15 is 0 Å². The summed E-state index contributed by atoms with van der Waals surface area (Å²) in [6.45, 7) is 3.81. The molecule has 7 heteroatoms. The van der Waals surface area contributed by atoms with Gasteiger partial charge in [-0.05, 0) is 6.92 Å². The van der Waals surface area contributed by atoms with E-state index in [9.17, 15) is 9.59 Å². The number of nitrogens with zero attached hydrogens (tertiary/aromatic N) is 1. The molecule has 0 fully saturated rings. The molecule has 0 saturated carbocycles. The smallest absolute Gasteiger partial charge is 0.333 e. The minimum Gasteiger partial charge on any atom is -0.460 e. The van der Waals surface area contributed by atoms with Gasteiger partial charge in [-0.25, -0.2) is 9.59 Å². The quantitative estimate of drug-likeness (QED) is 0.310. The van der Waals surface area contributed by atoms with Crippen LogP contribution in [0.15, 0.2) is 12.2 Å². The number of hydrogen-bond acceptors (Lipinski definition) is 5. The lowest BCUT2D eigenvalue weighted by Gasteiger charge is -2.19. The predicted octanol–water partition coefficient (Wildman–Crippen LogP) is -0.983. The Morgan fingerprint density at radius 1 is 1.44 bits per heavy atom. The third kappa shape index (κ3) is 5.32. The van der Waals surface area contributed by atoms with E-state index in [1.54, 1.807) is 0 Å². The Labute approximate surface area is 93.3 Å². The Bertz CT molecular complexity index is 267. The Kier molecular flexibility index (Phi) is 6.89. The van der Waals surface area contributed by atoms with Crippen LogP contribution in [-0.4, -0.2) is 53.7 Å². The molecule has 0 aliphatic heterocycles. The zero-order valence-electron chi connectivity index (χ0n) is 9.10. The van der Waals surface area contributed by atoms with Crippen molar-refractivity contribution in [3.8, 4) is 0 Å². The molecule has 0 spiro atoms. The van der Waals surface area contributed by atoms with Gasteiger partial charge in [-0.1, -0.05) is 6.58 Å². The molecular formula is C9H16N2O5. The van der Waals surface area contributed by atoms with E-state index in [1.165, 1.54) is 6.92 Å². The first-order chi connectivity index (χ1) is 7.52. The minimum absolute atomic E-state index is 0.0291. The van der Waals surface area contributed by atoms with Crippen molar-refractivity contribution in [3.63, 3.8) is 0 Å². The maximum absolute atomic E-state index is 11.1. The maximum Gasteiger partial charge on any atom is 0.333 e. The van der Waals surface area contributed by atoms with Gasteiger partial charge in [-0.2, -0.15) is 0 Å². The molecule has 0 atom stereocenters. The molecule has 0 aromatic heterocycles. The van der Waals surface area contributed by atoms with Gasteiger partial charge in [-0.3, -0.25) is 4.90 Å². The lowest BCUT2D eigenvalue weighted by atomic mass is 10.4. The lowest BCUT2D eigenvalue weighted by Crippen LogP contribution is -2.42. The molecule has 0 radical (unpaired) electrons. The van der Waals surface area contributed by atoms with Crippen molar-refractivity contribution in [3.05, 3.63) is 12.2 Å². The highest BCUT2D eigenvalue weighted by Gasteiger charge is 2.12. The average molecular weight is 232 g/mol. The van der Waals surface area contributed by atoms with Crippen LogP contribution >= 0.6 is 0 Å². The van der Waals surface area contributed by atoms with Crippen molar-refractivity contribution in [1.29, 1.82) is 0 Å². The summed E-state index contributed by atoms with van der Waals surface area (Å²) < 4.78 is 4.73. The Hall–Kier alpha value is -1.60. The molecule has 0 aliphatic rings. The Morgan fingerprint density at radius 2 is 2.06 bits per heavy atom. The summed E-state index contributed by atoms with van der Waals surface area (Å²) >= 11 is 0. The molecule has 7 nitrogen and oxygen atoms in total. The highest BCUT2D eigenvalue weighted by molar-refractivity contribution is 5.86. The van der Waals surface area contributed by atoms with Gasteiger partial charge in [-0.15, -0.1) is 0 Å². The number of amides is 2. The van der Waals surface area contributed by atoms with Crippen LogP contribution in [0.2, 0.25) is 0 Å². The van der Waals surface area contributed by atoms with Crippen molar-refractivity contribution < 1.29 is 24.5 Å². The van der Waals surface area contributed by atoms with Crippen LogP contribution in [0.3, 0.4) is 0 Å². The summed E-state index contributed by atoms with van der Waals surface area (Å²) in [7, 11) is 0. The van der Waals surface area contributed by atoms with Crippen molar-refractivity contribution >= 4 is 12.0 Å². The van der Waals surface area contributed by atoms with E-state index in [-0.39, 0.29) is 18.7 Å². The number of urea groups is 1. The highest BCUT2D eigenvalue weighted by Crippen LogP contribution is 1.93. The van der Waals surface area contributed by atoms with E-state index in [2.05, 4.69) is 11.9 Å². The number of nitrogens with one attached hydrogen (secondary N) is 1. The molecule has 0 rings (SSSR count). The monoisotopic (exact) mass is 232 g/mol. The van der Waals surface area contributed by atoms with E-state index in [1.807, 2.05) is 0 Å². The van der Waals surface area contributed by atoms with Crippen LogP contribution in [0.5, 0.6) is 0 Å². The van der Waals surface area contributed by atoms with E-state index in [0.29, 0.717) is 0 Å². The summed E-state index contributed by atoms with van der Waals surface area (Å²) in [6.07, 6.45) is 0. The van der Waals surface area contributed by atoms with Gasteiger partial charge in [0, 0.05) is 5.57 Å². The molecular weight excluding hydrogens is 216 g/mol. The SMILES string of the molecule is C=C(C)C(=O)OCCN(CO)C(=O)NCO. The van der Waals surface area contributed by atoms with Gasteiger partial charge in [0.05, 0.1) is 6.54 Å². The molecule has 92 valence electrons. The van der Waals surface area contributed by atoms with Gasteiger partial charge in [0.25, 0.3) is 0 Å². The van der Waals surface area contributed by atoms with E-state index in [4.69, 9.17) is 14.9 Å². The standard InChI is InChI=1S/C9H16N2O5/c1-7(2)8(14)16-4-3-11(6-13)9(15)10-5-12/h12-13H,1,3-6H2,2H3,(H,10,15). The number of aliphatic hydroxyl groups excluding tert-OH is 2. The van der Waals surface area contributed by atoms with Crippen LogP contribution in [0.1, 0.15) is 6.92 Å². The van der Waals surface area contributed by atoms with Gasteiger partial charge < -0.3 is 20.3 Å². The van der Waals surface area contributed by atoms with Gasteiger partial charge in [0.2, 0.25) is 0 Å². The Balaban J connectivity index is 3.92. The normalized spacial score (nSPS) is 9.44. The van der Waals surface area contributed by atoms with Crippen LogP contribution < -0.4 is 5.32 Å². The molecule has 2 amide bonds. The second-order valence-electron chi connectivity index (χ2n) is 2.96. The van der Waals surface area contributed by atoms with E-state index < -0.39 is 25.5 Å². The molecule has 3 N–H and O–H groups in total. The number of carbonyl (C=O) groups excluding carboxylic acids is 2. The first kappa shape index (κ1) is 14.4. The third-order valence-corrected chi connectivity index (χ3v) is 1.63. The number of aliphatic hydroxyl groups is 2. The van der Waals surface area contributed by atoms with Gasteiger partial charge in [0.1, 0.15) is 20.1 Å². The molecule has 0 aromatic carbocycles. The molecule has 0 aromatic rings. The molecule has 0 heterocycles. The van der Waals surface area contributed by atoms with Crippen molar-refractivity contribution in [1.82, 2.24) is 10.2 Å². The van der Waals surface area contributed by atoms with Gasteiger partial charge in [0.15, 0.2) is 0 Å². The van der Waals surface area contributed by atoms with Crippen molar-refractivity contribution in [2.45, 2.75) is 6.92 Å². The summed E-state index contributed by atoms with van der Waals surface area (Å²) in [6, 6.07) is -0.642. The average Bonchev–Trinajstić information content (AvgIpc) is 2.24. The third-order valence-electron chi connectivity index (χ3n) is 1.63. The zero-order valence-corrected chi connectivity index (χ0v) is 9.10. The second-order valence-corrected chi connectivity index (χ2v) is 2.96. The molecule has 0 unspecified atom stereocenters. The largest absolute Gasteiger partial charge is 0.460 e. The Morgan fingerprint density at radius 3 is 2.50 bits per heavy atom. The van der Waals surface area contributed by atoms with Crippen LogP contribution in [0.25, 0.3) is 0 Å². The number of esters is 1. The first-order valence-corrected chi connectivity index (χ1v) is 4.60.